The fraction of sp³-hybridized carbons (Fsp3) is 0.280. The van der Waals surface area contributed by atoms with Gasteiger partial charge in [0, 0.05) is 11.6 Å². The molecule has 1 unspecified atom stereocenters. The summed E-state index contributed by atoms with van der Waals surface area (Å²) in [5.41, 5.74) is 10.8. The van der Waals surface area contributed by atoms with Crippen molar-refractivity contribution in [3.8, 4) is 5.75 Å². The molecule has 0 radical (unpaired) electrons. The zero-order chi connectivity index (χ0) is 19.9. The molecular weight excluding hydrogens is 346 g/mol. The Hall–Kier alpha value is -2.62. The van der Waals surface area contributed by atoms with Crippen molar-refractivity contribution in [1.29, 1.82) is 0 Å². The number of ether oxygens (including phenoxy) is 1. The largest absolute Gasteiger partial charge is 0.489 e. The van der Waals surface area contributed by atoms with Crippen molar-refractivity contribution in [3.63, 3.8) is 0 Å². The van der Waals surface area contributed by atoms with Gasteiger partial charge < -0.3 is 15.6 Å². The molecule has 0 spiro atoms. The molecule has 0 heterocycles. The average Bonchev–Trinajstić information content (AvgIpc) is 2.73. The number of aryl methyl sites for hydroxylation is 1. The quantitative estimate of drug-likeness (QED) is 0.594. The van der Waals surface area contributed by atoms with E-state index in [1.54, 1.807) is 0 Å². The van der Waals surface area contributed by atoms with Gasteiger partial charge in [-0.1, -0.05) is 79.7 Å². The molecular formula is C25H29NO2. The fourth-order valence-electron chi connectivity index (χ4n) is 3.43. The predicted octanol–water partition coefficient (Wildman–Crippen LogP) is 4.81. The summed E-state index contributed by atoms with van der Waals surface area (Å²) in [5.74, 6) is 0.802. The molecule has 0 fully saturated rings. The van der Waals surface area contributed by atoms with Crippen molar-refractivity contribution in [2.75, 3.05) is 0 Å². The van der Waals surface area contributed by atoms with Gasteiger partial charge >= 0.3 is 0 Å². The van der Waals surface area contributed by atoms with E-state index >= 15 is 0 Å². The van der Waals surface area contributed by atoms with Crippen LogP contribution in [0.2, 0.25) is 0 Å². The second-order valence-electron chi connectivity index (χ2n) is 7.44. The van der Waals surface area contributed by atoms with Gasteiger partial charge in [-0.2, -0.15) is 0 Å². The van der Waals surface area contributed by atoms with Crippen molar-refractivity contribution in [2.24, 2.45) is 11.7 Å². The lowest BCUT2D eigenvalue weighted by Crippen LogP contribution is -2.36. The van der Waals surface area contributed by atoms with Gasteiger partial charge in [0.15, 0.2) is 0 Å². The molecule has 0 aliphatic carbocycles. The Bertz CT molecular complexity index is 878. The number of rotatable bonds is 8. The Balaban J connectivity index is 1.70. The number of para-hydroxylation sites is 1. The maximum absolute atomic E-state index is 11.0. The lowest BCUT2D eigenvalue weighted by molar-refractivity contribution is 0.117. The number of benzene rings is 3. The third-order valence-electron chi connectivity index (χ3n) is 5.30. The van der Waals surface area contributed by atoms with Gasteiger partial charge in [0.25, 0.3) is 0 Å². The Morgan fingerprint density at radius 3 is 2.29 bits per heavy atom. The van der Waals surface area contributed by atoms with E-state index in [4.69, 9.17) is 10.5 Å². The molecule has 146 valence electrons. The third kappa shape index (κ3) is 5.00. The molecule has 3 nitrogen and oxygen atoms in total. The first kappa shape index (κ1) is 20.1. The molecule has 3 aromatic carbocycles. The van der Waals surface area contributed by atoms with Gasteiger partial charge in [0.2, 0.25) is 0 Å². The van der Waals surface area contributed by atoms with E-state index in [1.807, 2.05) is 66.7 Å². The second kappa shape index (κ2) is 9.54. The van der Waals surface area contributed by atoms with Gasteiger partial charge in [-0.05, 0) is 42.0 Å². The summed E-state index contributed by atoms with van der Waals surface area (Å²) < 4.78 is 6.00. The highest BCUT2D eigenvalue weighted by atomic mass is 16.5. The zero-order valence-electron chi connectivity index (χ0n) is 16.6. The van der Waals surface area contributed by atoms with E-state index < -0.39 is 6.10 Å². The maximum Gasteiger partial charge on any atom is 0.125 e. The normalized spacial score (nSPS) is 14.3. The van der Waals surface area contributed by atoms with Crippen LogP contribution in [0.5, 0.6) is 5.75 Å². The fourth-order valence-corrected chi connectivity index (χ4v) is 3.43. The van der Waals surface area contributed by atoms with Crippen LogP contribution in [0, 0.1) is 12.8 Å². The number of aliphatic hydroxyl groups excluding tert-OH is 1. The molecule has 3 aromatic rings. The molecule has 0 bridgehead atoms. The summed E-state index contributed by atoms with van der Waals surface area (Å²) in [4.78, 5) is 0. The van der Waals surface area contributed by atoms with Gasteiger partial charge in [-0.3, -0.25) is 0 Å². The lowest BCUT2D eigenvalue weighted by atomic mass is 9.87. The van der Waals surface area contributed by atoms with Crippen LogP contribution in [-0.4, -0.2) is 11.1 Å². The van der Waals surface area contributed by atoms with Crippen LogP contribution in [0.3, 0.4) is 0 Å². The first-order chi connectivity index (χ1) is 13.6. The molecule has 0 aliphatic heterocycles. The summed E-state index contributed by atoms with van der Waals surface area (Å²) in [6.07, 6.45) is 0.0452. The molecule has 3 heteroatoms. The molecule has 3 N–H and O–H groups in total. The molecule has 3 rings (SSSR count). The Kier molecular flexibility index (Phi) is 6.85. The number of aliphatic hydroxyl groups is 1. The van der Waals surface area contributed by atoms with Crippen LogP contribution in [0.1, 0.15) is 35.3 Å². The van der Waals surface area contributed by atoms with Crippen molar-refractivity contribution >= 4 is 0 Å². The Morgan fingerprint density at radius 1 is 0.893 bits per heavy atom. The second-order valence-corrected chi connectivity index (χ2v) is 7.44. The molecule has 0 aromatic heterocycles. The topological polar surface area (TPSA) is 55.5 Å². The number of hydrogen-bond donors (Lipinski definition) is 2. The van der Waals surface area contributed by atoms with E-state index in [2.05, 4.69) is 26.0 Å². The van der Waals surface area contributed by atoms with Gasteiger partial charge in [0.1, 0.15) is 12.4 Å². The molecule has 0 aliphatic rings. The van der Waals surface area contributed by atoms with E-state index in [-0.39, 0.29) is 12.0 Å². The highest BCUT2D eigenvalue weighted by Crippen LogP contribution is 2.30. The van der Waals surface area contributed by atoms with Crippen LogP contribution in [0.4, 0.5) is 0 Å². The first-order valence-corrected chi connectivity index (χ1v) is 9.80. The van der Waals surface area contributed by atoms with Crippen molar-refractivity contribution in [2.45, 2.75) is 39.0 Å². The predicted molar refractivity (Wildman–Crippen MR) is 114 cm³/mol. The van der Waals surface area contributed by atoms with Gasteiger partial charge in [-0.15, -0.1) is 0 Å². The van der Waals surface area contributed by atoms with E-state index in [1.165, 1.54) is 11.1 Å². The molecule has 0 amide bonds. The minimum absolute atomic E-state index is 0.123. The minimum atomic E-state index is -0.786. The zero-order valence-corrected chi connectivity index (χ0v) is 16.6. The molecule has 28 heavy (non-hydrogen) atoms. The van der Waals surface area contributed by atoms with Crippen molar-refractivity contribution < 1.29 is 9.84 Å². The highest BCUT2D eigenvalue weighted by Gasteiger charge is 2.25. The summed E-state index contributed by atoms with van der Waals surface area (Å²) in [6, 6.07) is 25.5. The van der Waals surface area contributed by atoms with Crippen LogP contribution in [0.15, 0.2) is 78.9 Å². The van der Waals surface area contributed by atoms with E-state index in [0.717, 1.165) is 17.5 Å². The lowest BCUT2D eigenvalue weighted by Gasteiger charge is -2.27. The summed E-state index contributed by atoms with van der Waals surface area (Å²) >= 11 is 0. The highest BCUT2D eigenvalue weighted by molar-refractivity contribution is 5.36. The van der Waals surface area contributed by atoms with Crippen LogP contribution >= 0.6 is 0 Å². The molecule has 0 saturated carbocycles. The number of hydrogen-bond acceptors (Lipinski definition) is 3. The Morgan fingerprint density at radius 2 is 1.54 bits per heavy atom. The summed E-state index contributed by atoms with van der Waals surface area (Å²) in [7, 11) is 0. The van der Waals surface area contributed by atoms with Crippen LogP contribution in [-0.2, 0) is 13.0 Å². The standard InChI is InChI=1S/C25H29NO2/c1-18-10-6-7-13-21(18)16-19(2)24(26)25(27)22-14-8-9-15-23(22)28-17-20-11-4-3-5-12-20/h3-15,19,24-25,27H,16-17,26H2,1-2H3/t19?,24-,25-/m1/s1. The molecule has 0 saturated heterocycles. The van der Waals surface area contributed by atoms with E-state index in [9.17, 15) is 5.11 Å². The summed E-state index contributed by atoms with van der Waals surface area (Å²) in [6.45, 7) is 4.66. The monoisotopic (exact) mass is 375 g/mol. The van der Waals surface area contributed by atoms with Crippen molar-refractivity contribution in [1.82, 2.24) is 0 Å². The third-order valence-corrected chi connectivity index (χ3v) is 5.30. The first-order valence-electron chi connectivity index (χ1n) is 9.80. The SMILES string of the molecule is Cc1ccccc1CC(C)[C@@H](N)[C@H](O)c1ccccc1OCc1ccccc1. The smallest absolute Gasteiger partial charge is 0.125 e. The van der Waals surface area contributed by atoms with E-state index in [0.29, 0.717) is 12.4 Å². The Labute approximate surface area is 167 Å². The van der Waals surface area contributed by atoms with Gasteiger partial charge in [-0.25, -0.2) is 0 Å². The maximum atomic E-state index is 11.0. The average molecular weight is 376 g/mol. The summed E-state index contributed by atoms with van der Waals surface area (Å²) in [5, 5.41) is 11.0. The van der Waals surface area contributed by atoms with Crippen LogP contribution in [0.25, 0.3) is 0 Å². The minimum Gasteiger partial charge on any atom is -0.489 e. The number of nitrogens with two attached hydrogens (primary N) is 1. The van der Waals surface area contributed by atoms with Crippen molar-refractivity contribution in [3.05, 3.63) is 101 Å². The van der Waals surface area contributed by atoms with Crippen LogP contribution < -0.4 is 10.5 Å². The molecule has 3 atom stereocenters. The van der Waals surface area contributed by atoms with Gasteiger partial charge in [0.05, 0.1) is 6.10 Å².